The third kappa shape index (κ3) is 5.16. The Balaban J connectivity index is 2.23. The van der Waals surface area contributed by atoms with E-state index >= 15 is 0 Å². The van der Waals surface area contributed by atoms with Gasteiger partial charge in [0, 0.05) is 31.3 Å². The molecule has 1 aliphatic heterocycles. The van der Waals surface area contributed by atoms with Crippen LogP contribution in [0.1, 0.15) is 26.2 Å². The number of hydrogen-bond acceptors (Lipinski definition) is 3. The lowest BCUT2D eigenvalue weighted by Crippen LogP contribution is -2.46. The van der Waals surface area contributed by atoms with Crippen molar-refractivity contribution < 1.29 is 14.7 Å². The molecule has 0 spiro atoms. The molecule has 18 heavy (non-hydrogen) atoms. The number of carbonyl (C=O) groups excluding carboxylic acids is 1. The van der Waals surface area contributed by atoms with Crippen LogP contribution in [0.4, 0.5) is 4.79 Å². The Kier molecular flexibility index (Phi) is 6.32. The second-order valence-corrected chi connectivity index (χ2v) is 5.95. The van der Waals surface area contributed by atoms with E-state index in [2.05, 4.69) is 11.6 Å². The van der Waals surface area contributed by atoms with Crippen LogP contribution in [0.25, 0.3) is 0 Å². The van der Waals surface area contributed by atoms with E-state index in [9.17, 15) is 9.59 Å². The average Bonchev–Trinajstić information content (AvgIpc) is 2.35. The number of urea groups is 1. The van der Waals surface area contributed by atoms with Crippen LogP contribution < -0.4 is 5.32 Å². The molecule has 1 unspecified atom stereocenters. The van der Waals surface area contributed by atoms with Crippen molar-refractivity contribution in [3.63, 3.8) is 0 Å². The number of carboxylic acids is 1. The number of piperidine rings is 1. The highest BCUT2D eigenvalue weighted by Gasteiger charge is 2.22. The van der Waals surface area contributed by atoms with Crippen molar-refractivity contribution in [2.45, 2.75) is 31.4 Å². The van der Waals surface area contributed by atoms with Crippen molar-refractivity contribution in [1.82, 2.24) is 10.2 Å². The second kappa shape index (κ2) is 7.51. The Hall–Kier alpha value is -0.910. The van der Waals surface area contributed by atoms with Crippen molar-refractivity contribution in [1.29, 1.82) is 0 Å². The van der Waals surface area contributed by atoms with Crippen molar-refractivity contribution >= 4 is 23.8 Å². The molecule has 2 amide bonds. The smallest absolute Gasteiger partial charge is 0.317 e. The number of likely N-dealkylation sites (tertiary alicyclic amines) is 1. The quantitative estimate of drug-likeness (QED) is 0.799. The van der Waals surface area contributed by atoms with Crippen molar-refractivity contribution in [2.24, 2.45) is 5.92 Å². The summed E-state index contributed by atoms with van der Waals surface area (Å²) in [5.74, 6) is -0.854. The van der Waals surface area contributed by atoms with Gasteiger partial charge in [-0.25, -0.2) is 4.79 Å². The Morgan fingerprint density at radius 3 is 2.56 bits per heavy atom. The lowest BCUT2D eigenvalue weighted by Gasteiger charge is -2.31. The summed E-state index contributed by atoms with van der Waals surface area (Å²) in [6, 6.07) is -0.0632. The topological polar surface area (TPSA) is 69.6 Å². The number of amides is 2. The lowest BCUT2D eigenvalue weighted by atomic mass is 10.1. The molecule has 6 heteroatoms. The van der Waals surface area contributed by atoms with Crippen LogP contribution >= 0.6 is 11.8 Å². The maximum atomic E-state index is 11.8. The summed E-state index contributed by atoms with van der Waals surface area (Å²) in [5.41, 5.74) is 0. The SMILES string of the molecule is CSC1CCN(C(=O)NCC(C)CC(=O)O)CC1. The minimum Gasteiger partial charge on any atom is -0.481 e. The third-order valence-electron chi connectivity index (χ3n) is 3.19. The van der Waals surface area contributed by atoms with Crippen LogP contribution in [-0.4, -0.2) is 53.1 Å². The first-order valence-electron chi connectivity index (χ1n) is 6.30. The molecule has 0 aliphatic carbocycles. The Morgan fingerprint density at radius 1 is 1.44 bits per heavy atom. The lowest BCUT2D eigenvalue weighted by molar-refractivity contribution is -0.137. The summed E-state index contributed by atoms with van der Waals surface area (Å²) in [4.78, 5) is 24.2. The summed E-state index contributed by atoms with van der Waals surface area (Å²) in [7, 11) is 0. The monoisotopic (exact) mass is 274 g/mol. The van der Waals surface area contributed by atoms with Gasteiger partial charge in [0.2, 0.25) is 0 Å². The van der Waals surface area contributed by atoms with E-state index in [0.29, 0.717) is 11.8 Å². The van der Waals surface area contributed by atoms with Crippen molar-refractivity contribution in [2.75, 3.05) is 25.9 Å². The van der Waals surface area contributed by atoms with Crippen LogP contribution in [0.3, 0.4) is 0 Å². The largest absolute Gasteiger partial charge is 0.481 e. The molecule has 0 aromatic rings. The second-order valence-electron chi connectivity index (χ2n) is 4.81. The molecule has 0 aromatic carbocycles. The molecule has 1 heterocycles. The van der Waals surface area contributed by atoms with Gasteiger partial charge in [-0.2, -0.15) is 11.8 Å². The van der Waals surface area contributed by atoms with Crippen molar-refractivity contribution in [3.8, 4) is 0 Å². The van der Waals surface area contributed by atoms with E-state index in [0.717, 1.165) is 25.9 Å². The van der Waals surface area contributed by atoms with Gasteiger partial charge in [0.05, 0.1) is 0 Å². The van der Waals surface area contributed by atoms with E-state index in [-0.39, 0.29) is 18.4 Å². The first-order chi connectivity index (χ1) is 8.52. The number of nitrogens with one attached hydrogen (secondary N) is 1. The van der Waals surface area contributed by atoms with Gasteiger partial charge < -0.3 is 15.3 Å². The zero-order valence-corrected chi connectivity index (χ0v) is 11.8. The molecule has 1 fully saturated rings. The van der Waals surface area contributed by atoms with Crippen LogP contribution in [0.5, 0.6) is 0 Å². The molecule has 1 rings (SSSR count). The normalized spacial score (nSPS) is 18.4. The maximum absolute atomic E-state index is 11.8. The molecule has 0 bridgehead atoms. The van der Waals surface area contributed by atoms with Gasteiger partial charge in [-0.05, 0) is 25.0 Å². The summed E-state index contributed by atoms with van der Waals surface area (Å²) in [5, 5.41) is 12.1. The van der Waals surface area contributed by atoms with Crippen LogP contribution in [0.15, 0.2) is 0 Å². The molecule has 104 valence electrons. The molecule has 0 radical (unpaired) electrons. The molecule has 1 saturated heterocycles. The summed E-state index contributed by atoms with van der Waals surface area (Å²) in [6.45, 7) is 3.84. The predicted molar refractivity (Wildman–Crippen MR) is 72.9 cm³/mol. The highest BCUT2D eigenvalue weighted by Crippen LogP contribution is 2.20. The van der Waals surface area contributed by atoms with E-state index in [1.165, 1.54) is 0 Å². The molecule has 0 saturated carbocycles. The van der Waals surface area contributed by atoms with Crippen LogP contribution in [-0.2, 0) is 4.79 Å². The van der Waals surface area contributed by atoms with Crippen LogP contribution in [0, 0.1) is 5.92 Å². The zero-order valence-electron chi connectivity index (χ0n) is 11.0. The van der Waals surface area contributed by atoms with E-state index in [1.807, 2.05) is 23.6 Å². The summed E-state index contributed by atoms with van der Waals surface area (Å²) >= 11 is 1.86. The maximum Gasteiger partial charge on any atom is 0.317 e. The fraction of sp³-hybridized carbons (Fsp3) is 0.833. The Morgan fingerprint density at radius 2 is 2.06 bits per heavy atom. The number of aliphatic carboxylic acids is 1. The first-order valence-corrected chi connectivity index (χ1v) is 7.59. The number of thioether (sulfide) groups is 1. The minimum atomic E-state index is -0.822. The standard InChI is InChI=1S/C12H22N2O3S/c1-9(7-11(15)16)8-13-12(17)14-5-3-10(18-2)4-6-14/h9-10H,3-8H2,1-2H3,(H,13,17)(H,15,16). The fourth-order valence-corrected chi connectivity index (χ4v) is 2.72. The zero-order chi connectivity index (χ0) is 13.5. The van der Waals surface area contributed by atoms with Gasteiger partial charge in [0.1, 0.15) is 0 Å². The molecule has 0 aromatic heterocycles. The van der Waals surface area contributed by atoms with Crippen LogP contribution in [0.2, 0.25) is 0 Å². The number of carboxylic acid groups (broad SMARTS) is 1. The third-order valence-corrected chi connectivity index (χ3v) is 4.33. The Bertz CT molecular complexity index is 291. The molecular formula is C12H22N2O3S. The number of nitrogens with zero attached hydrogens (tertiary/aromatic N) is 1. The van der Waals surface area contributed by atoms with Gasteiger partial charge in [-0.1, -0.05) is 6.92 Å². The number of rotatable bonds is 5. The molecule has 5 nitrogen and oxygen atoms in total. The summed E-state index contributed by atoms with van der Waals surface area (Å²) in [6.07, 6.45) is 4.28. The number of carbonyl (C=O) groups is 2. The molecule has 1 atom stereocenters. The summed E-state index contributed by atoms with van der Waals surface area (Å²) < 4.78 is 0. The highest BCUT2D eigenvalue weighted by atomic mass is 32.2. The Labute approximate surface area is 112 Å². The average molecular weight is 274 g/mol. The van der Waals surface area contributed by atoms with E-state index < -0.39 is 5.97 Å². The first kappa shape index (κ1) is 15.1. The highest BCUT2D eigenvalue weighted by molar-refractivity contribution is 7.99. The molecule has 2 N–H and O–H groups in total. The molecular weight excluding hydrogens is 252 g/mol. The van der Waals surface area contributed by atoms with Crippen molar-refractivity contribution in [3.05, 3.63) is 0 Å². The number of hydrogen-bond donors (Lipinski definition) is 2. The van der Waals surface area contributed by atoms with Gasteiger partial charge in [0.15, 0.2) is 0 Å². The van der Waals surface area contributed by atoms with Gasteiger partial charge in [0.25, 0.3) is 0 Å². The van der Waals surface area contributed by atoms with E-state index in [4.69, 9.17) is 5.11 Å². The van der Waals surface area contributed by atoms with Gasteiger partial charge >= 0.3 is 12.0 Å². The molecule has 1 aliphatic rings. The fourth-order valence-electron chi connectivity index (χ4n) is 2.04. The van der Waals surface area contributed by atoms with Gasteiger partial charge in [-0.3, -0.25) is 4.79 Å². The van der Waals surface area contributed by atoms with E-state index in [1.54, 1.807) is 0 Å². The minimum absolute atomic E-state index is 0.0322. The predicted octanol–water partition coefficient (Wildman–Crippen LogP) is 1.63. The van der Waals surface area contributed by atoms with Gasteiger partial charge in [-0.15, -0.1) is 0 Å².